The van der Waals surface area contributed by atoms with E-state index in [0.29, 0.717) is 37.9 Å². The van der Waals surface area contributed by atoms with Gasteiger partial charge in [0.2, 0.25) is 5.88 Å². The van der Waals surface area contributed by atoms with Gasteiger partial charge in [0.05, 0.1) is 41.5 Å². The number of thiocarbonyl (C=S) groups is 1. The van der Waals surface area contributed by atoms with Gasteiger partial charge in [0, 0.05) is 18.5 Å². The molecule has 0 aliphatic carbocycles. The van der Waals surface area contributed by atoms with Crippen LogP contribution < -0.4 is 14.5 Å². The summed E-state index contributed by atoms with van der Waals surface area (Å²) in [5.41, 5.74) is -3.17. The Hall–Kier alpha value is -3.89. The number of aryl methyl sites for hydroxylation is 1. The minimum absolute atomic E-state index is 0.0255. The second-order valence-corrected chi connectivity index (χ2v) is 10.2. The number of halogens is 4. The molecule has 3 heterocycles. The Morgan fingerprint density at radius 1 is 1.23 bits per heavy atom. The third-order valence-corrected chi connectivity index (χ3v) is 7.21. The van der Waals surface area contributed by atoms with Crippen LogP contribution in [0.5, 0.6) is 5.88 Å². The van der Waals surface area contributed by atoms with E-state index in [9.17, 15) is 18.0 Å². The van der Waals surface area contributed by atoms with Gasteiger partial charge in [-0.25, -0.2) is 9.37 Å². The number of anilines is 2. The Morgan fingerprint density at radius 2 is 1.98 bits per heavy atom. The minimum atomic E-state index is -4.83. The fourth-order valence-corrected chi connectivity index (χ4v) is 5.32. The number of aromatic nitrogens is 2. The molecule has 0 unspecified atom stereocenters. The molecule has 5 rings (SSSR count). The summed E-state index contributed by atoms with van der Waals surface area (Å²) in [7, 11) is 0. The average Bonchev–Trinajstić information content (AvgIpc) is 3.47. The lowest BCUT2D eigenvalue weighted by Crippen LogP contribution is -2.44. The van der Waals surface area contributed by atoms with Crippen molar-refractivity contribution in [3.05, 3.63) is 53.1 Å². The van der Waals surface area contributed by atoms with Crippen LogP contribution in [0.3, 0.4) is 0 Å². The second kappa shape index (κ2) is 9.94. The van der Waals surface area contributed by atoms with Gasteiger partial charge in [-0.2, -0.15) is 23.4 Å². The molecular weight excluding hydrogens is 550 g/mol. The van der Waals surface area contributed by atoms with Crippen LogP contribution in [0.2, 0.25) is 0 Å². The topological polar surface area (TPSA) is 91.6 Å². The first-order valence-electron chi connectivity index (χ1n) is 12.4. The molecule has 0 spiro atoms. The number of rotatable bonds is 5. The van der Waals surface area contributed by atoms with Gasteiger partial charge in [-0.05, 0) is 56.4 Å². The molecule has 2 aliphatic rings. The van der Waals surface area contributed by atoms with Crippen LogP contribution in [-0.2, 0) is 22.1 Å². The van der Waals surface area contributed by atoms with E-state index in [4.69, 9.17) is 27.0 Å². The highest BCUT2D eigenvalue weighted by Gasteiger charge is 2.51. The van der Waals surface area contributed by atoms with E-state index in [0.717, 1.165) is 11.0 Å². The Bertz CT molecular complexity index is 1580. The van der Waals surface area contributed by atoms with Crippen LogP contribution >= 0.6 is 12.2 Å². The fraction of sp³-hybridized carbons (Fsp3) is 0.370. The van der Waals surface area contributed by atoms with Crippen LogP contribution in [-0.4, -0.2) is 45.8 Å². The lowest BCUT2D eigenvalue weighted by molar-refractivity contribution is -0.137. The maximum atomic E-state index is 15.6. The summed E-state index contributed by atoms with van der Waals surface area (Å²) in [6.07, 6.45) is -4.05. The first kappa shape index (κ1) is 27.7. The number of hydrogen-bond donors (Lipinski definition) is 0. The third-order valence-electron chi connectivity index (χ3n) is 6.85. The second-order valence-electron chi connectivity index (χ2n) is 9.88. The van der Waals surface area contributed by atoms with Crippen LogP contribution in [0.15, 0.2) is 30.3 Å². The van der Waals surface area contributed by atoms with Gasteiger partial charge in [-0.3, -0.25) is 9.69 Å². The van der Waals surface area contributed by atoms with Crippen molar-refractivity contribution in [2.45, 2.75) is 51.4 Å². The lowest BCUT2D eigenvalue weighted by Gasteiger charge is -2.30. The van der Waals surface area contributed by atoms with E-state index in [1.165, 1.54) is 36.9 Å². The number of carbonyl (C=O) groups excluding carboxylic acids is 1. The summed E-state index contributed by atoms with van der Waals surface area (Å²) in [5.74, 6) is -0.800. The van der Waals surface area contributed by atoms with Gasteiger partial charge < -0.3 is 14.4 Å². The summed E-state index contributed by atoms with van der Waals surface area (Å²) in [6.45, 7) is 5.76. The van der Waals surface area contributed by atoms with E-state index in [1.807, 2.05) is 6.92 Å². The molecule has 13 heteroatoms. The van der Waals surface area contributed by atoms with E-state index < -0.39 is 34.6 Å². The largest absolute Gasteiger partial charge is 0.471 e. The third kappa shape index (κ3) is 4.61. The van der Waals surface area contributed by atoms with Crippen LogP contribution in [0.4, 0.5) is 28.9 Å². The fourth-order valence-electron chi connectivity index (χ4n) is 4.79. The first-order chi connectivity index (χ1) is 18.9. The predicted octanol–water partition coefficient (Wildman–Crippen LogP) is 5.31. The van der Waals surface area contributed by atoms with E-state index in [-0.39, 0.29) is 39.4 Å². The molecule has 2 fully saturated rings. The molecule has 2 saturated heterocycles. The quantitative estimate of drug-likeness (QED) is 0.300. The number of benzene rings is 2. The minimum Gasteiger partial charge on any atom is -0.471 e. The lowest BCUT2D eigenvalue weighted by atomic mass is 10.0. The molecule has 0 N–H and O–H groups in total. The van der Waals surface area contributed by atoms with Crippen molar-refractivity contribution in [1.29, 1.82) is 5.26 Å². The molecule has 1 amide bonds. The maximum Gasteiger partial charge on any atom is 0.417 e. The summed E-state index contributed by atoms with van der Waals surface area (Å²) < 4.78 is 68.0. The standard InChI is InChI=1S/C27H23F4N5O3S/c1-4-21-33-22-18(23(34-21)39-17-7-8-38-13-17)9-16(11-20(22)28)36-25(40)35(24(37)26(36,2)3)15-6-5-14(12-32)19(10-15)27(29,30)31/h5-6,9-11,17H,4,7-8,13H2,1-3H3/t17-/m1/s1. The number of ether oxygens (including phenoxy) is 2. The molecule has 1 aromatic heterocycles. The number of nitrogens with zero attached hydrogens (tertiary/aromatic N) is 5. The van der Waals surface area contributed by atoms with Crippen molar-refractivity contribution in [3.8, 4) is 11.9 Å². The van der Waals surface area contributed by atoms with Crippen molar-refractivity contribution in [3.63, 3.8) is 0 Å². The molecule has 0 saturated carbocycles. The Morgan fingerprint density at radius 3 is 2.60 bits per heavy atom. The highest BCUT2D eigenvalue weighted by Crippen LogP contribution is 2.41. The molecule has 1 atom stereocenters. The van der Waals surface area contributed by atoms with Gasteiger partial charge in [0.15, 0.2) is 10.9 Å². The van der Waals surface area contributed by atoms with Crippen molar-refractivity contribution in [2.24, 2.45) is 0 Å². The molecule has 2 aromatic carbocycles. The summed E-state index contributed by atoms with van der Waals surface area (Å²) in [4.78, 5) is 24.7. The average molecular weight is 574 g/mol. The summed E-state index contributed by atoms with van der Waals surface area (Å²) >= 11 is 5.59. The van der Waals surface area contributed by atoms with Crippen molar-refractivity contribution < 1.29 is 31.8 Å². The zero-order valence-electron chi connectivity index (χ0n) is 21.7. The molecule has 3 aromatic rings. The molecule has 8 nitrogen and oxygen atoms in total. The normalized spacial score (nSPS) is 19.0. The molecule has 208 valence electrons. The highest BCUT2D eigenvalue weighted by molar-refractivity contribution is 7.81. The number of fused-ring (bicyclic) bond motifs is 1. The smallest absolute Gasteiger partial charge is 0.417 e. The number of nitriles is 1. The van der Waals surface area contributed by atoms with E-state index in [2.05, 4.69) is 9.97 Å². The van der Waals surface area contributed by atoms with Gasteiger partial charge in [-0.15, -0.1) is 0 Å². The molecular formula is C27H23F4N5O3S. The van der Waals surface area contributed by atoms with Crippen LogP contribution in [0.25, 0.3) is 10.9 Å². The number of hydrogen-bond acceptors (Lipinski definition) is 7. The number of alkyl halides is 3. The molecule has 0 bridgehead atoms. The molecule has 0 radical (unpaired) electrons. The van der Waals surface area contributed by atoms with Gasteiger partial charge >= 0.3 is 6.18 Å². The number of carbonyl (C=O) groups is 1. The summed E-state index contributed by atoms with van der Waals surface area (Å²) in [6, 6.07) is 7.14. The Kier molecular flexibility index (Phi) is 6.87. The van der Waals surface area contributed by atoms with Gasteiger partial charge in [0.1, 0.15) is 23.0 Å². The number of amides is 1. The van der Waals surface area contributed by atoms with Crippen molar-refractivity contribution in [1.82, 2.24) is 9.97 Å². The SMILES string of the molecule is CCc1nc(O[C@@H]2CCOC2)c2cc(N3C(=S)N(c4ccc(C#N)c(C(F)(F)F)c4)C(=O)C3(C)C)cc(F)c2n1. The zero-order valence-corrected chi connectivity index (χ0v) is 22.5. The first-order valence-corrected chi connectivity index (χ1v) is 12.8. The van der Waals surface area contributed by atoms with Crippen molar-refractivity contribution in [2.75, 3.05) is 23.0 Å². The Balaban J connectivity index is 1.62. The van der Waals surface area contributed by atoms with Crippen molar-refractivity contribution >= 4 is 45.5 Å². The van der Waals surface area contributed by atoms with Gasteiger partial charge in [0.25, 0.3) is 5.91 Å². The van der Waals surface area contributed by atoms with E-state index in [1.54, 1.807) is 6.07 Å². The van der Waals surface area contributed by atoms with Crippen LogP contribution in [0, 0.1) is 17.1 Å². The molecule has 40 heavy (non-hydrogen) atoms. The highest BCUT2D eigenvalue weighted by atomic mass is 32.1. The van der Waals surface area contributed by atoms with Gasteiger partial charge in [-0.1, -0.05) is 6.92 Å². The zero-order chi connectivity index (χ0) is 29.0. The van der Waals surface area contributed by atoms with Crippen LogP contribution in [0.1, 0.15) is 44.1 Å². The Labute approximate surface area is 232 Å². The van der Waals surface area contributed by atoms with E-state index >= 15 is 4.39 Å². The predicted molar refractivity (Wildman–Crippen MR) is 142 cm³/mol. The molecule has 2 aliphatic heterocycles. The maximum absolute atomic E-state index is 15.6. The summed E-state index contributed by atoms with van der Waals surface area (Å²) in [5, 5.41) is 9.23. The monoisotopic (exact) mass is 573 g/mol.